The lowest BCUT2D eigenvalue weighted by Gasteiger charge is -2.21. The van der Waals surface area contributed by atoms with Gasteiger partial charge in [0.1, 0.15) is 5.82 Å². The van der Waals surface area contributed by atoms with Crippen LogP contribution < -0.4 is 0 Å². The van der Waals surface area contributed by atoms with Crippen molar-refractivity contribution < 1.29 is 12.8 Å². The molecule has 0 bridgehead atoms. The summed E-state index contributed by atoms with van der Waals surface area (Å²) in [6, 6.07) is 6.49. The van der Waals surface area contributed by atoms with Crippen LogP contribution in [0.3, 0.4) is 0 Å². The Bertz CT molecular complexity index is 869. The number of likely N-dealkylation sites (tertiary alicyclic amines) is 1. The zero-order valence-electron chi connectivity index (χ0n) is 16.1. The van der Waals surface area contributed by atoms with E-state index in [-0.39, 0.29) is 17.5 Å². The molecule has 0 aliphatic carbocycles. The van der Waals surface area contributed by atoms with Crippen LogP contribution in [0.15, 0.2) is 35.6 Å². The number of nitrogens with zero attached hydrogens (tertiary/aromatic N) is 3. The molecule has 1 saturated heterocycles. The summed E-state index contributed by atoms with van der Waals surface area (Å²) in [6.45, 7) is 6.08. The first-order valence-electron chi connectivity index (χ1n) is 9.63. The van der Waals surface area contributed by atoms with Crippen LogP contribution in [0.5, 0.6) is 0 Å². The molecule has 0 atom stereocenters. The third-order valence-electron chi connectivity index (χ3n) is 5.15. The summed E-state index contributed by atoms with van der Waals surface area (Å²) in [6.07, 6.45) is 6.41. The molecule has 1 aliphatic heterocycles. The average molecular weight is 394 g/mol. The largest absolute Gasteiger partial charge is 0.313 e. The first kappa shape index (κ1) is 20.0. The highest BCUT2D eigenvalue weighted by molar-refractivity contribution is 7.91. The number of hydrogen-bond acceptors (Lipinski definition) is 4. The van der Waals surface area contributed by atoms with Gasteiger partial charge in [-0.05, 0) is 45.8 Å². The quantitative estimate of drug-likeness (QED) is 0.752. The van der Waals surface area contributed by atoms with Crippen LogP contribution in [-0.2, 0) is 22.9 Å². The van der Waals surface area contributed by atoms with E-state index in [4.69, 9.17) is 0 Å². The SMILES string of the molecule is CC(C)S(=O)(=O)c1ncc(CN2CCCCCC2)n1Cc1ccccc1F. The molecule has 0 amide bonds. The fourth-order valence-electron chi connectivity index (χ4n) is 3.45. The molecule has 3 rings (SSSR count). The van der Waals surface area contributed by atoms with Gasteiger partial charge in [0.15, 0.2) is 0 Å². The topological polar surface area (TPSA) is 55.2 Å². The highest BCUT2D eigenvalue weighted by Gasteiger charge is 2.27. The van der Waals surface area contributed by atoms with Crippen LogP contribution in [0.1, 0.15) is 50.8 Å². The smallest absolute Gasteiger partial charge is 0.228 e. The maximum absolute atomic E-state index is 14.2. The van der Waals surface area contributed by atoms with Gasteiger partial charge >= 0.3 is 0 Å². The highest BCUT2D eigenvalue weighted by Crippen LogP contribution is 2.22. The van der Waals surface area contributed by atoms with Crippen molar-refractivity contribution in [1.82, 2.24) is 14.5 Å². The van der Waals surface area contributed by atoms with Gasteiger partial charge in [0, 0.05) is 12.1 Å². The Balaban J connectivity index is 1.97. The Hall–Kier alpha value is -1.73. The molecule has 7 heteroatoms. The fraction of sp³-hybridized carbons (Fsp3) is 0.550. The van der Waals surface area contributed by atoms with E-state index in [9.17, 15) is 12.8 Å². The minimum atomic E-state index is -3.56. The normalized spacial score (nSPS) is 16.6. The predicted molar refractivity (Wildman–Crippen MR) is 104 cm³/mol. The molecule has 5 nitrogen and oxygen atoms in total. The van der Waals surface area contributed by atoms with Gasteiger partial charge in [-0.2, -0.15) is 0 Å². The summed E-state index contributed by atoms with van der Waals surface area (Å²) >= 11 is 0. The lowest BCUT2D eigenvalue weighted by Crippen LogP contribution is -2.27. The number of sulfone groups is 1. The third-order valence-corrected chi connectivity index (χ3v) is 7.22. The summed E-state index contributed by atoms with van der Waals surface area (Å²) in [5.41, 5.74) is 1.28. The Labute approximate surface area is 161 Å². The maximum Gasteiger partial charge on any atom is 0.228 e. The van der Waals surface area contributed by atoms with Gasteiger partial charge in [0.2, 0.25) is 15.0 Å². The molecule has 1 aliphatic rings. The molecule has 148 valence electrons. The Morgan fingerprint density at radius 1 is 1.07 bits per heavy atom. The number of halogens is 1. The summed E-state index contributed by atoms with van der Waals surface area (Å²) in [5, 5.41) is -0.545. The van der Waals surface area contributed by atoms with Crippen molar-refractivity contribution in [2.45, 2.75) is 63.0 Å². The van der Waals surface area contributed by atoms with E-state index in [1.807, 2.05) is 0 Å². The zero-order valence-corrected chi connectivity index (χ0v) is 16.9. The van der Waals surface area contributed by atoms with Gasteiger partial charge in [-0.3, -0.25) is 4.90 Å². The Kier molecular flexibility index (Phi) is 6.32. The number of aromatic nitrogens is 2. The fourth-order valence-corrected chi connectivity index (χ4v) is 4.56. The van der Waals surface area contributed by atoms with E-state index < -0.39 is 15.1 Å². The molecular formula is C20H28FN3O2S. The van der Waals surface area contributed by atoms with Crippen LogP contribution in [0, 0.1) is 5.82 Å². The lowest BCUT2D eigenvalue weighted by atomic mass is 10.2. The summed E-state index contributed by atoms with van der Waals surface area (Å²) in [5.74, 6) is -0.334. The predicted octanol–water partition coefficient (Wildman–Crippen LogP) is 3.63. The van der Waals surface area contributed by atoms with Crippen LogP contribution in [0.2, 0.25) is 0 Å². The van der Waals surface area contributed by atoms with Gasteiger partial charge < -0.3 is 4.57 Å². The van der Waals surface area contributed by atoms with Gasteiger partial charge in [-0.25, -0.2) is 17.8 Å². The standard InChI is InChI=1S/C20H28FN3O2S/c1-16(2)27(25,26)20-22-13-18(15-23-11-7-3-4-8-12-23)24(20)14-17-9-5-6-10-19(17)21/h5-6,9-10,13,16H,3-4,7-8,11-12,14-15H2,1-2H3. The summed E-state index contributed by atoms with van der Waals surface area (Å²) in [4.78, 5) is 6.59. The molecule has 2 aromatic rings. The second kappa shape index (κ2) is 8.52. The first-order chi connectivity index (χ1) is 12.9. The van der Waals surface area contributed by atoms with Crippen molar-refractivity contribution in [3.8, 4) is 0 Å². The maximum atomic E-state index is 14.2. The second-order valence-corrected chi connectivity index (χ2v) is 9.89. The van der Waals surface area contributed by atoms with Crippen molar-refractivity contribution in [1.29, 1.82) is 0 Å². The average Bonchev–Trinajstić information content (AvgIpc) is 2.84. The minimum Gasteiger partial charge on any atom is -0.313 e. The van der Waals surface area contributed by atoms with E-state index in [1.165, 1.54) is 18.9 Å². The van der Waals surface area contributed by atoms with Gasteiger partial charge in [0.05, 0.1) is 23.7 Å². The van der Waals surface area contributed by atoms with E-state index >= 15 is 0 Å². The number of rotatable bonds is 6. The molecule has 0 unspecified atom stereocenters. The molecule has 0 spiro atoms. The molecule has 1 aromatic carbocycles. The second-order valence-electron chi connectivity index (χ2n) is 7.49. The third kappa shape index (κ3) is 4.58. The highest BCUT2D eigenvalue weighted by atomic mass is 32.2. The number of hydrogen-bond donors (Lipinski definition) is 0. The first-order valence-corrected chi connectivity index (χ1v) is 11.2. The van der Waals surface area contributed by atoms with E-state index in [0.717, 1.165) is 31.6 Å². The minimum absolute atomic E-state index is 0.0329. The van der Waals surface area contributed by atoms with Crippen LogP contribution in [0.4, 0.5) is 4.39 Å². The molecule has 1 fully saturated rings. The van der Waals surface area contributed by atoms with Crippen molar-refractivity contribution in [3.05, 3.63) is 47.5 Å². The van der Waals surface area contributed by atoms with Gasteiger partial charge in [-0.15, -0.1) is 0 Å². The van der Waals surface area contributed by atoms with Crippen molar-refractivity contribution in [2.75, 3.05) is 13.1 Å². The number of benzene rings is 1. The lowest BCUT2D eigenvalue weighted by molar-refractivity contribution is 0.269. The van der Waals surface area contributed by atoms with E-state index in [1.54, 1.807) is 42.8 Å². The molecule has 27 heavy (non-hydrogen) atoms. The van der Waals surface area contributed by atoms with Crippen LogP contribution in [0.25, 0.3) is 0 Å². The van der Waals surface area contributed by atoms with E-state index in [0.29, 0.717) is 12.1 Å². The van der Waals surface area contributed by atoms with Crippen LogP contribution >= 0.6 is 0 Å². The molecule has 0 N–H and O–H groups in total. The summed E-state index contributed by atoms with van der Waals surface area (Å²) < 4.78 is 41.5. The van der Waals surface area contributed by atoms with Crippen molar-refractivity contribution in [2.24, 2.45) is 0 Å². The molecule has 0 radical (unpaired) electrons. The zero-order chi connectivity index (χ0) is 19.4. The molecular weight excluding hydrogens is 365 g/mol. The van der Waals surface area contributed by atoms with Gasteiger partial charge in [-0.1, -0.05) is 31.0 Å². The van der Waals surface area contributed by atoms with E-state index in [2.05, 4.69) is 9.88 Å². The van der Waals surface area contributed by atoms with Crippen molar-refractivity contribution >= 4 is 9.84 Å². The monoisotopic (exact) mass is 393 g/mol. The van der Waals surface area contributed by atoms with Crippen LogP contribution in [-0.4, -0.2) is 41.2 Å². The number of imidazole rings is 1. The van der Waals surface area contributed by atoms with Gasteiger partial charge in [0.25, 0.3) is 0 Å². The Morgan fingerprint density at radius 3 is 2.37 bits per heavy atom. The molecule has 0 saturated carbocycles. The molecule has 1 aromatic heterocycles. The van der Waals surface area contributed by atoms with Crippen molar-refractivity contribution in [3.63, 3.8) is 0 Å². The molecule has 2 heterocycles. The summed E-state index contributed by atoms with van der Waals surface area (Å²) in [7, 11) is -3.56. The Morgan fingerprint density at radius 2 is 1.74 bits per heavy atom.